The van der Waals surface area contributed by atoms with Gasteiger partial charge in [-0.3, -0.25) is 4.90 Å². The topological polar surface area (TPSA) is 60.6 Å². The number of benzene rings is 2. The molecular weight excluding hydrogens is 385 g/mol. The molecule has 7 heteroatoms. The first-order chi connectivity index (χ1) is 14.6. The highest BCUT2D eigenvalue weighted by Crippen LogP contribution is 2.36. The van der Waals surface area contributed by atoms with Crippen molar-refractivity contribution in [3.8, 4) is 11.5 Å². The Kier molecular flexibility index (Phi) is 5.99. The summed E-state index contributed by atoms with van der Waals surface area (Å²) in [6.07, 6.45) is 1.17. The zero-order valence-corrected chi connectivity index (χ0v) is 17.3. The molecule has 1 fully saturated rings. The maximum Gasteiger partial charge on any atom is 0.264 e. The zero-order chi connectivity index (χ0) is 21.0. The van der Waals surface area contributed by atoms with Crippen molar-refractivity contribution >= 4 is 0 Å². The van der Waals surface area contributed by atoms with Gasteiger partial charge in [0.05, 0.1) is 14.2 Å². The van der Waals surface area contributed by atoms with Crippen molar-refractivity contribution in [2.75, 3.05) is 27.3 Å². The number of hydrogen-bond donors (Lipinski definition) is 0. The predicted octanol–water partition coefficient (Wildman–Crippen LogP) is 4.14. The van der Waals surface area contributed by atoms with Crippen LogP contribution in [0.15, 0.2) is 53.1 Å². The number of rotatable bonds is 7. The molecule has 0 saturated carbocycles. The van der Waals surface area contributed by atoms with Crippen LogP contribution in [0.1, 0.15) is 35.7 Å². The highest BCUT2D eigenvalue weighted by Gasteiger charge is 2.41. The third-order valence-corrected chi connectivity index (χ3v) is 5.52. The lowest BCUT2D eigenvalue weighted by Gasteiger charge is -2.34. The van der Waals surface area contributed by atoms with Gasteiger partial charge < -0.3 is 14.0 Å². The molecular formula is C23H26FN3O3. The lowest BCUT2D eigenvalue weighted by atomic mass is 9.93. The van der Waals surface area contributed by atoms with E-state index in [1.165, 1.54) is 0 Å². The summed E-state index contributed by atoms with van der Waals surface area (Å²) in [5, 5.41) is 3.99. The Bertz CT molecular complexity index is 947. The van der Waals surface area contributed by atoms with Crippen LogP contribution in [0.5, 0.6) is 11.5 Å². The number of alkyl halides is 1. The fourth-order valence-corrected chi connectivity index (χ4v) is 3.78. The first-order valence-corrected chi connectivity index (χ1v) is 10.1. The SMILES string of the molecule is COc1cc(CN2CCC(F)(c3nc(Cc4ccccc4)no3)CC2)cc(OC)c1. The van der Waals surface area contributed by atoms with Crippen LogP contribution in [0.25, 0.3) is 0 Å². The minimum absolute atomic E-state index is 0.0936. The molecule has 0 spiro atoms. The average Bonchev–Trinajstić information content (AvgIpc) is 3.25. The lowest BCUT2D eigenvalue weighted by Crippen LogP contribution is -2.40. The molecule has 2 aromatic carbocycles. The summed E-state index contributed by atoms with van der Waals surface area (Å²) in [4.78, 5) is 6.57. The van der Waals surface area contributed by atoms with Gasteiger partial charge in [0.25, 0.3) is 5.89 Å². The Balaban J connectivity index is 1.38. The Hall–Kier alpha value is -2.93. The van der Waals surface area contributed by atoms with Gasteiger partial charge in [0.15, 0.2) is 11.5 Å². The van der Waals surface area contributed by atoms with Crippen molar-refractivity contribution < 1.29 is 18.4 Å². The van der Waals surface area contributed by atoms with E-state index in [-0.39, 0.29) is 5.89 Å². The molecule has 1 saturated heterocycles. The van der Waals surface area contributed by atoms with Crippen molar-refractivity contribution in [2.24, 2.45) is 0 Å². The van der Waals surface area contributed by atoms with Gasteiger partial charge >= 0.3 is 0 Å². The molecule has 1 aliphatic heterocycles. The first kappa shape index (κ1) is 20.3. The van der Waals surface area contributed by atoms with Crippen molar-refractivity contribution in [3.05, 3.63) is 71.4 Å². The summed E-state index contributed by atoms with van der Waals surface area (Å²) in [5.74, 6) is 2.10. The normalized spacial score (nSPS) is 16.4. The summed E-state index contributed by atoms with van der Waals surface area (Å²) >= 11 is 0. The van der Waals surface area contributed by atoms with E-state index in [9.17, 15) is 0 Å². The smallest absolute Gasteiger partial charge is 0.264 e. The first-order valence-electron chi connectivity index (χ1n) is 10.1. The van der Waals surface area contributed by atoms with E-state index in [1.54, 1.807) is 14.2 Å². The third kappa shape index (κ3) is 4.62. The van der Waals surface area contributed by atoms with Crippen LogP contribution >= 0.6 is 0 Å². The maximum atomic E-state index is 15.5. The molecule has 158 valence electrons. The molecule has 0 atom stereocenters. The molecule has 0 amide bonds. The van der Waals surface area contributed by atoms with Crippen LogP contribution in [0.2, 0.25) is 0 Å². The van der Waals surface area contributed by atoms with Crippen LogP contribution in [0.4, 0.5) is 4.39 Å². The van der Waals surface area contributed by atoms with Gasteiger partial charge in [0, 0.05) is 45.0 Å². The second-order valence-corrected chi connectivity index (χ2v) is 7.64. The van der Waals surface area contributed by atoms with Crippen LogP contribution in [-0.2, 0) is 18.6 Å². The molecule has 30 heavy (non-hydrogen) atoms. The van der Waals surface area contributed by atoms with Crippen LogP contribution in [-0.4, -0.2) is 42.3 Å². The summed E-state index contributed by atoms with van der Waals surface area (Å²) < 4.78 is 31.5. The monoisotopic (exact) mass is 411 g/mol. The van der Waals surface area contributed by atoms with Crippen molar-refractivity contribution in [1.82, 2.24) is 15.0 Å². The van der Waals surface area contributed by atoms with Gasteiger partial charge in [0.2, 0.25) is 0 Å². The molecule has 0 bridgehead atoms. The number of hydrogen-bond acceptors (Lipinski definition) is 6. The van der Waals surface area contributed by atoms with E-state index >= 15 is 4.39 Å². The fraction of sp³-hybridized carbons (Fsp3) is 0.391. The molecule has 0 radical (unpaired) electrons. The van der Waals surface area contributed by atoms with Gasteiger partial charge in [0.1, 0.15) is 11.5 Å². The molecule has 1 aromatic heterocycles. The second kappa shape index (κ2) is 8.83. The van der Waals surface area contributed by atoms with Crippen LogP contribution in [0, 0.1) is 0 Å². The molecule has 6 nitrogen and oxygen atoms in total. The number of ether oxygens (including phenoxy) is 2. The van der Waals surface area contributed by atoms with Gasteiger partial charge in [-0.2, -0.15) is 4.98 Å². The van der Waals surface area contributed by atoms with Crippen molar-refractivity contribution in [1.29, 1.82) is 0 Å². The fourth-order valence-electron chi connectivity index (χ4n) is 3.78. The van der Waals surface area contributed by atoms with Gasteiger partial charge in [-0.15, -0.1) is 0 Å². The van der Waals surface area contributed by atoms with Gasteiger partial charge in [-0.05, 0) is 23.3 Å². The van der Waals surface area contributed by atoms with Crippen molar-refractivity contribution in [3.63, 3.8) is 0 Å². The van der Waals surface area contributed by atoms with Gasteiger partial charge in [-0.25, -0.2) is 4.39 Å². The maximum absolute atomic E-state index is 15.5. The van der Waals surface area contributed by atoms with E-state index in [4.69, 9.17) is 14.0 Å². The van der Waals surface area contributed by atoms with E-state index in [0.29, 0.717) is 44.7 Å². The lowest BCUT2D eigenvalue weighted by molar-refractivity contribution is 0.0249. The van der Waals surface area contributed by atoms with E-state index < -0.39 is 5.67 Å². The summed E-state index contributed by atoms with van der Waals surface area (Å²) in [6.45, 7) is 1.91. The van der Waals surface area contributed by atoms with E-state index in [0.717, 1.165) is 22.6 Å². The number of aromatic nitrogens is 2. The third-order valence-electron chi connectivity index (χ3n) is 5.52. The Labute approximate surface area is 175 Å². The standard InChI is InChI=1S/C23H26FN3O3/c1-28-19-12-18(13-20(15-19)29-2)16-27-10-8-23(24,9-11-27)22-25-21(26-30-22)14-17-6-4-3-5-7-17/h3-7,12-13,15H,8-11,14,16H2,1-2H3. The number of likely N-dealkylation sites (tertiary alicyclic amines) is 1. The van der Waals surface area contributed by atoms with Crippen LogP contribution in [0.3, 0.4) is 0 Å². The number of nitrogens with zero attached hydrogens (tertiary/aromatic N) is 3. The number of halogens is 1. The quantitative estimate of drug-likeness (QED) is 0.582. The number of methoxy groups -OCH3 is 2. The zero-order valence-electron chi connectivity index (χ0n) is 17.3. The summed E-state index contributed by atoms with van der Waals surface area (Å²) in [5.41, 5.74) is 0.562. The molecule has 3 aromatic rings. The predicted molar refractivity (Wildman–Crippen MR) is 110 cm³/mol. The van der Waals surface area contributed by atoms with Crippen LogP contribution < -0.4 is 9.47 Å². The Morgan fingerprint density at radius 1 is 1.00 bits per heavy atom. The Morgan fingerprint density at radius 2 is 1.67 bits per heavy atom. The van der Waals surface area contributed by atoms with Crippen molar-refractivity contribution in [2.45, 2.75) is 31.5 Å². The van der Waals surface area contributed by atoms with Gasteiger partial charge in [-0.1, -0.05) is 35.5 Å². The highest BCUT2D eigenvalue weighted by molar-refractivity contribution is 5.38. The largest absolute Gasteiger partial charge is 0.497 e. The van der Waals surface area contributed by atoms with E-state index in [1.807, 2.05) is 48.5 Å². The minimum atomic E-state index is -1.58. The molecule has 4 rings (SSSR count). The summed E-state index contributed by atoms with van der Waals surface area (Å²) in [7, 11) is 3.26. The molecule has 2 heterocycles. The average molecular weight is 411 g/mol. The molecule has 0 aliphatic carbocycles. The number of piperidine rings is 1. The van der Waals surface area contributed by atoms with E-state index in [2.05, 4.69) is 15.0 Å². The summed E-state index contributed by atoms with van der Waals surface area (Å²) in [6, 6.07) is 15.7. The molecule has 1 aliphatic rings. The second-order valence-electron chi connectivity index (χ2n) is 7.64. The molecule has 0 N–H and O–H groups in total. The molecule has 0 unspecified atom stereocenters. The highest BCUT2D eigenvalue weighted by atomic mass is 19.1. The Morgan fingerprint density at radius 3 is 2.30 bits per heavy atom. The minimum Gasteiger partial charge on any atom is -0.497 e.